The van der Waals surface area contributed by atoms with Gasteiger partial charge in [-0.15, -0.1) is 0 Å². The van der Waals surface area contributed by atoms with E-state index in [4.69, 9.17) is 0 Å². The summed E-state index contributed by atoms with van der Waals surface area (Å²) in [7, 11) is -3.80. The molecule has 0 radical (unpaired) electrons. The molecule has 2 N–H and O–H groups in total. The number of aliphatic hydroxyl groups is 1. The van der Waals surface area contributed by atoms with E-state index in [1.165, 1.54) is 38.1 Å². The summed E-state index contributed by atoms with van der Waals surface area (Å²) in [5.41, 5.74) is 0.479. The molecule has 2 aromatic carbocycles. The first kappa shape index (κ1) is 20.5. The van der Waals surface area contributed by atoms with E-state index in [-0.39, 0.29) is 15.7 Å². The fourth-order valence-corrected chi connectivity index (χ4v) is 4.82. The van der Waals surface area contributed by atoms with Crippen LogP contribution in [0.5, 0.6) is 0 Å². The highest BCUT2D eigenvalue weighted by Crippen LogP contribution is 2.34. The molecule has 1 atom stereocenters. The number of hydrogen-bond acceptors (Lipinski definition) is 4. The molecule has 0 heterocycles. The molecule has 150 valence electrons. The van der Waals surface area contributed by atoms with Crippen molar-refractivity contribution in [1.29, 1.82) is 0 Å². The maximum Gasteiger partial charge on any atom is 0.251 e. The van der Waals surface area contributed by atoms with Crippen LogP contribution in [0.1, 0.15) is 43.7 Å². The Labute approximate surface area is 164 Å². The van der Waals surface area contributed by atoms with E-state index in [1.807, 2.05) is 0 Å². The van der Waals surface area contributed by atoms with Gasteiger partial charge < -0.3 is 10.4 Å². The van der Waals surface area contributed by atoms with Crippen LogP contribution in [0.25, 0.3) is 0 Å². The molecule has 0 spiro atoms. The zero-order valence-electron chi connectivity index (χ0n) is 15.9. The van der Waals surface area contributed by atoms with Gasteiger partial charge in [0, 0.05) is 12.5 Å². The molecular weight excluding hydrogens is 381 g/mol. The van der Waals surface area contributed by atoms with Gasteiger partial charge >= 0.3 is 0 Å². The Morgan fingerprint density at radius 3 is 2.61 bits per heavy atom. The summed E-state index contributed by atoms with van der Waals surface area (Å²) in [5.74, 6) is -0.979. The average Bonchev–Trinajstić information content (AvgIpc) is 2.64. The van der Waals surface area contributed by atoms with Crippen LogP contribution in [0.15, 0.2) is 52.3 Å². The zero-order chi connectivity index (χ0) is 20.5. The third-order valence-electron chi connectivity index (χ3n) is 5.03. The standard InChI is InChI=1S/C21H24FNO4S/c1-21(2,25)20(24)23-13-15-6-3-5-14-11-18(9-10-19(14)15)28(26,27)17-8-4-7-16(22)12-17/h4,7-12,15,25H,3,5-6,13H2,1-2H3,(H,23,24)/t15-/m0/s1. The SMILES string of the molecule is CC(C)(O)C(=O)NC[C@@H]1CCCc2cc(S(=O)(=O)c3cccc(F)c3)ccc21. The first-order valence-electron chi connectivity index (χ1n) is 9.23. The Kier molecular flexibility index (Phi) is 5.59. The minimum absolute atomic E-state index is 0.0565. The summed E-state index contributed by atoms with van der Waals surface area (Å²) >= 11 is 0. The van der Waals surface area contributed by atoms with Crippen LogP contribution in [-0.4, -0.2) is 31.6 Å². The molecular formula is C21H24FNO4S. The van der Waals surface area contributed by atoms with Crippen molar-refractivity contribution in [2.45, 2.75) is 54.4 Å². The topological polar surface area (TPSA) is 83.5 Å². The van der Waals surface area contributed by atoms with Crippen LogP contribution >= 0.6 is 0 Å². The van der Waals surface area contributed by atoms with Gasteiger partial charge in [-0.1, -0.05) is 12.1 Å². The molecule has 0 aliphatic heterocycles. The molecule has 0 unspecified atom stereocenters. The number of carbonyl (C=O) groups excluding carboxylic acids is 1. The Morgan fingerprint density at radius 1 is 1.21 bits per heavy atom. The number of aryl methyl sites for hydroxylation is 1. The lowest BCUT2D eigenvalue weighted by Crippen LogP contribution is -2.43. The van der Waals surface area contributed by atoms with Crippen LogP contribution < -0.4 is 5.32 Å². The second kappa shape index (κ2) is 7.64. The van der Waals surface area contributed by atoms with Gasteiger partial charge in [-0.25, -0.2) is 12.8 Å². The van der Waals surface area contributed by atoms with Crippen molar-refractivity contribution in [2.24, 2.45) is 0 Å². The van der Waals surface area contributed by atoms with Crippen LogP contribution in [0.2, 0.25) is 0 Å². The molecule has 0 bridgehead atoms. The Morgan fingerprint density at radius 2 is 1.93 bits per heavy atom. The predicted octanol–water partition coefficient (Wildman–Crippen LogP) is 2.97. The molecule has 2 aromatic rings. The summed E-state index contributed by atoms with van der Waals surface area (Å²) in [4.78, 5) is 12.0. The summed E-state index contributed by atoms with van der Waals surface area (Å²) in [6.07, 6.45) is 2.49. The lowest BCUT2D eigenvalue weighted by Gasteiger charge is -2.27. The van der Waals surface area contributed by atoms with E-state index in [0.29, 0.717) is 6.54 Å². The molecule has 0 saturated heterocycles. The number of amides is 1. The van der Waals surface area contributed by atoms with Gasteiger partial charge in [-0.3, -0.25) is 4.79 Å². The molecule has 5 nitrogen and oxygen atoms in total. The van der Waals surface area contributed by atoms with E-state index < -0.39 is 27.2 Å². The van der Waals surface area contributed by atoms with Crippen molar-refractivity contribution in [3.63, 3.8) is 0 Å². The smallest absolute Gasteiger partial charge is 0.251 e. The Bertz CT molecular complexity index is 996. The highest BCUT2D eigenvalue weighted by Gasteiger charge is 2.27. The second-order valence-electron chi connectivity index (χ2n) is 7.68. The number of carbonyl (C=O) groups is 1. The first-order valence-corrected chi connectivity index (χ1v) is 10.7. The van der Waals surface area contributed by atoms with Gasteiger partial charge in [0.25, 0.3) is 5.91 Å². The number of halogens is 1. The third-order valence-corrected chi connectivity index (χ3v) is 6.78. The quantitative estimate of drug-likeness (QED) is 0.801. The highest BCUT2D eigenvalue weighted by molar-refractivity contribution is 7.91. The number of rotatable bonds is 5. The van der Waals surface area contributed by atoms with Crippen molar-refractivity contribution >= 4 is 15.7 Å². The van der Waals surface area contributed by atoms with Gasteiger partial charge in [-0.05, 0) is 74.6 Å². The number of hydrogen-bond donors (Lipinski definition) is 2. The predicted molar refractivity (Wildman–Crippen MR) is 103 cm³/mol. The maximum absolute atomic E-state index is 13.5. The summed E-state index contributed by atoms with van der Waals surface area (Å²) in [5, 5.41) is 12.5. The molecule has 0 saturated carbocycles. The van der Waals surface area contributed by atoms with Crippen LogP contribution in [0.3, 0.4) is 0 Å². The molecule has 3 rings (SSSR count). The number of sulfone groups is 1. The molecule has 7 heteroatoms. The fraction of sp³-hybridized carbons (Fsp3) is 0.381. The monoisotopic (exact) mass is 405 g/mol. The van der Waals surface area contributed by atoms with Gasteiger partial charge in [0.15, 0.2) is 0 Å². The van der Waals surface area contributed by atoms with Crippen molar-refractivity contribution in [2.75, 3.05) is 6.54 Å². The van der Waals surface area contributed by atoms with Crippen molar-refractivity contribution in [3.05, 3.63) is 59.4 Å². The Balaban J connectivity index is 1.86. The van der Waals surface area contributed by atoms with Gasteiger partial charge in [0.05, 0.1) is 9.79 Å². The number of nitrogens with one attached hydrogen (secondary N) is 1. The zero-order valence-corrected chi connectivity index (χ0v) is 16.7. The molecule has 28 heavy (non-hydrogen) atoms. The normalized spacial score (nSPS) is 17.1. The summed E-state index contributed by atoms with van der Waals surface area (Å²) in [6.45, 7) is 3.24. The molecule has 1 aliphatic rings. The fourth-order valence-electron chi connectivity index (χ4n) is 3.47. The van der Waals surface area contributed by atoms with Crippen molar-refractivity contribution in [3.8, 4) is 0 Å². The second-order valence-corrected chi connectivity index (χ2v) is 9.63. The van der Waals surface area contributed by atoms with Crippen LogP contribution in [0, 0.1) is 5.82 Å². The van der Waals surface area contributed by atoms with Crippen LogP contribution in [-0.2, 0) is 21.1 Å². The summed E-state index contributed by atoms with van der Waals surface area (Å²) < 4.78 is 39.1. The molecule has 0 fully saturated rings. The molecule has 1 aliphatic carbocycles. The first-order chi connectivity index (χ1) is 13.1. The minimum atomic E-state index is -3.80. The van der Waals surface area contributed by atoms with Gasteiger partial charge in [-0.2, -0.15) is 0 Å². The largest absolute Gasteiger partial charge is 0.381 e. The highest BCUT2D eigenvalue weighted by atomic mass is 32.2. The van der Waals surface area contributed by atoms with E-state index in [1.54, 1.807) is 12.1 Å². The number of benzene rings is 2. The Hall–Kier alpha value is -2.25. The minimum Gasteiger partial charge on any atom is -0.381 e. The summed E-state index contributed by atoms with van der Waals surface area (Å²) in [6, 6.07) is 9.95. The van der Waals surface area contributed by atoms with E-state index in [2.05, 4.69) is 5.32 Å². The van der Waals surface area contributed by atoms with Gasteiger partial charge in [0.1, 0.15) is 11.4 Å². The molecule has 0 aromatic heterocycles. The maximum atomic E-state index is 13.5. The average molecular weight is 405 g/mol. The van der Waals surface area contributed by atoms with Crippen LogP contribution in [0.4, 0.5) is 4.39 Å². The number of fused-ring (bicyclic) bond motifs is 1. The lowest BCUT2D eigenvalue weighted by atomic mass is 9.83. The lowest BCUT2D eigenvalue weighted by molar-refractivity contribution is -0.136. The van der Waals surface area contributed by atoms with E-state index in [9.17, 15) is 22.7 Å². The van der Waals surface area contributed by atoms with Crippen molar-refractivity contribution in [1.82, 2.24) is 5.32 Å². The van der Waals surface area contributed by atoms with Gasteiger partial charge in [0.2, 0.25) is 9.84 Å². The van der Waals surface area contributed by atoms with E-state index in [0.717, 1.165) is 36.5 Å². The third kappa shape index (κ3) is 4.25. The van der Waals surface area contributed by atoms with Crippen molar-refractivity contribution < 1.29 is 22.7 Å². The van der Waals surface area contributed by atoms with E-state index >= 15 is 0 Å². The molecule has 1 amide bonds.